The van der Waals surface area contributed by atoms with Gasteiger partial charge in [-0.25, -0.2) is 0 Å². The number of carbonyl (C=O) groups is 1. The van der Waals surface area contributed by atoms with E-state index in [2.05, 4.69) is 10.3 Å². The molecule has 0 saturated carbocycles. The van der Waals surface area contributed by atoms with Gasteiger partial charge in [-0.3, -0.25) is 4.79 Å². The van der Waals surface area contributed by atoms with Gasteiger partial charge in [-0.15, -0.1) is 0 Å². The maximum absolute atomic E-state index is 12.1. The smallest absolute Gasteiger partial charge is 0.258 e. The van der Waals surface area contributed by atoms with Gasteiger partial charge in [-0.1, -0.05) is 12.2 Å². The molecule has 2 aromatic rings. The van der Waals surface area contributed by atoms with Crippen molar-refractivity contribution in [3.05, 3.63) is 46.7 Å². The van der Waals surface area contributed by atoms with Crippen LogP contribution >= 0.6 is 12.2 Å². The van der Waals surface area contributed by atoms with E-state index in [1.807, 2.05) is 0 Å². The van der Waals surface area contributed by atoms with E-state index in [4.69, 9.17) is 21.7 Å². The first-order chi connectivity index (χ1) is 9.65. The van der Waals surface area contributed by atoms with Crippen molar-refractivity contribution in [1.29, 1.82) is 0 Å². The van der Waals surface area contributed by atoms with Crippen molar-refractivity contribution in [2.75, 3.05) is 19.5 Å². The molecule has 0 spiro atoms. The van der Waals surface area contributed by atoms with Crippen LogP contribution in [0.1, 0.15) is 10.4 Å². The van der Waals surface area contributed by atoms with E-state index >= 15 is 0 Å². The van der Waals surface area contributed by atoms with E-state index in [0.717, 1.165) is 0 Å². The first kappa shape index (κ1) is 14.1. The van der Waals surface area contributed by atoms with Gasteiger partial charge < -0.3 is 19.8 Å². The van der Waals surface area contributed by atoms with Crippen molar-refractivity contribution in [2.45, 2.75) is 0 Å². The molecule has 0 aliphatic carbocycles. The third-order valence-electron chi connectivity index (χ3n) is 2.70. The predicted molar refractivity (Wildman–Crippen MR) is 79.1 cm³/mol. The fourth-order valence-electron chi connectivity index (χ4n) is 1.71. The number of benzene rings is 1. The summed E-state index contributed by atoms with van der Waals surface area (Å²) in [5.74, 6) is 0.866. The van der Waals surface area contributed by atoms with Gasteiger partial charge in [-0.05, 0) is 24.3 Å². The lowest BCUT2D eigenvalue weighted by atomic mass is 10.2. The molecule has 2 rings (SSSR count). The SMILES string of the molecule is COc1ccc(NC(=O)c2ccc[nH]c2=S)cc1OC. The fraction of sp³-hybridized carbons (Fsp3) is 0.143. The van der Waals surface area contributed by atoms with E-state index in [1.54, 1.807) is 43.6 Å². The Kier molecular flexibility index (Phi) is 4.37. The van der Waals surface area contributed by atoms with Gasteiger partial charge in [-0.2, -0.15) is 0 Å². The highest BCUT2D eigenvalue weighted by atomic mass is 32.1. The summed E-state index contributed by atoms with van der Waals surface area (Å²) in [5, 5.41) is 2.76. The second kappa shape index (κ2) is 6.21. The Labute approximate surface area is 121 Å². The van der Waals surface area contributed by atoms with Gasteiger partial charge in [0.15, 0.2) is 11.5 Å². The number of rotatable bonds is 4. The van der Waals surface area contributed by atoms with Gasteiger partial charge in [0.05, 0.1) is 19.8 Å². The number of methoxy groups -OCH3 is 2. The van der Waals surface area contributed by atoms with Gasteiger partial charge in [0.25, 0.3) is 5.91 Å². The Hall–Kier alpha value is -2.34. The molecule has 0 radical (unpaired) electrons. The Bertz CT molecular complexity index is 682. The topological polar surface area (TPSA) is 63.3 Å². The Morgan fingerprint density at radius 3 is 2.60 bits per heavy atom. The molecule has 20 heavy (non-hydrogen) atoms. The minimum atomic E-state index is -0.279. The van der Waals surface area contributed by atoms with E-state index < -0.39 is 0 Å². The monoisotopic (exact) mass is 290 g/mol. The molecule has 1 aromatic carbocycles. The summed E-state index contributed by atoms with van der Waals surface area (Å²) in [4.78, 5) is 14.9. The summed E-state index contributed by atoms with van der Waals surface area (Å²) in [6.07, 6.45) is 1.68. The molecule has 104 valence electrons. The van der Waals surface area contributed by atoms with Gasteiger partial charge in [0, 0.05) is 18.0 Å². The van der Waals surface area contributed by atoms with Crippen molar-refractivity contribution < 1.29 is 14.3 Å². The number of hydrogen-bond acceptors (Lipinski definition) is 4. The standard InChI is InChI=1S/C14H14N2O3S/c1-18-11-6-5-9(8-12(11)19-2)16-13(17)10-4-3-7-15-14(10)20/h3-8H,1-2H3,(H,15,20)(H,16,17). The number of pyridine rings is 1. The normalized spacial score (nSPS) is 9.90. The second-order valence-electron chi connectivity index (χ2n) is 3.94. The molecular weight excluding hydrogens is 276 g/mol. The summed E-state index contributed by atoms with van der Waals surface area (Å²) in [6, 6.07) is 8.52. The van der Waals surface area contributed by atoms with E-state index in [9.17, 15) is 4.79 Å². The minimum Gasteiger partial charge on any atom is -0.493 e. The Morgan fingerprint density at radius 2 is 1.95 bits per heavy atom. The number of H-pyrrole nitrogens is 1. The van der Waals surface area contributed by atoms with Gasteiger partial charge in [0.2, 0.25) is 0 Å². The number of aromatic amines is 1. The average molecular weight is 290 g/mol. The number of anilines is 1. The van der Waals surface area contributed by atoms with Crippen molar-refractivity contribution in [3.63, 3.8) is 0 Å². The molecule has 1 heterocycles. The lowest BCUT2D eigenvalue weighted by Gasteiger charge is -2.10. The number of carbonyl (C=O) groups excluding carboxylic acids is 1. The van der Waals surface area contributed by atoms with Crippen LogP contribution in [0.2, 0.25) is 0 Å². The largest absolute Gasteiger partial charge is 0.493 e. The lowest BCUT2D eigenvalue weighted by Crippen LogP contribution is -2.12. The molecule has 0 bridgehead atoms. The van der Waals surface area contributed by atoms with Crippen LogP contribution in [-0.2, 0) is 0 Å². The molecule has 6 heteroatoms. The Balaban J connectivity index is 2.24. The molecule has 0 atom stereocenters. The quantitative estimate of drug-likeness (QED) is 0.850. The first-order valence-electron chi connectivity index (χ1n) is 5.87. The van der Waals surface area contributed by atoms with Crippen molar-refractivity contribution in [3.8, 4) is 11.5 Å². The van der Waals surface area contributed by atoms with Crippen LogP contribution in [0.15, 0.2) is 36.5 Å². The zero-order valence-corrected chi connectivity index (χ0v) is 11.9. The molecule has 0 aliphatic heterocycles. The molecule has 1 amide bonds. The molecule has 0 saturated heterocycles. The molecule has 0 fully saturated rings. The van der Waals surface area contributed by atoms with E-state index in [0.29, 0.717) is 27.4 Å². The van der Waals surface area contributed by atoms with Gasteiger partial charge in [0.1, 0.15) is 4.64 Å². The first-order valence-corrected chi connectivity index (χ1v) is 6.27. The predicted octanol–water partition coefficient (Wildman–Crippen LogP) is 3.01. The number of aromatic nitrogens is 1. The lowest BCUT2D eigenvalue weighted by molar-refractivity contribution is 0.102. The van der Waals surface area contributed by atoms with Crippen LogP contribution in [0.5, 0.6) is 11.5 Å². The summed E-state index contributed by atoms with van der Waals surface area (Å²) in [6.45, 7) is 0. The summed E-state index contributed by atoms with van der Waals surface area (Å²) >= 11 is 5.07. The highest BCUT2D eigenvalue weighted by molar-refractivity contribution is 7.71. The number of amides is 1. The molecule has 1 aromatic heterocycles. The van der Waals surface area contributed by atoms with Crippen molar-refractivity contribution in [1.82, 2.24) is 4.98 Å². The molecule has 0 unspecified atom stereocenters. The molecular formula is C14H14N2O3S. The zero-order chi connectivity index (χ0) is 14.5. The average Bonchev–Trinajstić information content (AvgIpc) is 2.47. The summed E-state index contributed by atoms with van der Waals surface area (Å²) in [7, 11) is 3.09. The third kappa shape index (κ3) is 2.97. The van der Waals surface area contributed by atoms with Crippen LogP contribution in [0.3, 0.4) is 0 Å². The Morgan fingerprint density at radius 1 is 1.20 bits per heavy atom. The highest BCUT2D eigenvalue weighted by Crippen LogP contribution is 2.29. The zero-order valence-electron chi connectivity index (χ0n) is 11.1. The van der Waals surface area contributed by atoms with Crippen LogP contribution < -0.4 is 14.8 Å². The molecule has 5 nitrogen and oxygen atoms in total. The maximum atomic E-state index is 12.1. The summed E-state index contributed by atoms with van der Waals surface area (Å²) < 4.78 is 10.7. The summed E-state index contributed by atoms with van der Waals surface area (Å²) in [5.41, 5.74) is 1.02. The number of ether oxygens (including phenoxy) is 2. The number of nitrogens with one attached hydrogen (secondary N) is 2. The van der Waals surface area contributed by atoms with Gasteiger partial charge >= 0.3 is 0 Å². The van der Waals surface area contributed by atoms with Crippen LogP contribution in [-0.4, -0.2) is 25.1 Å². The van der Waals surface area contributed by atoms with Crippen LogP contribution in [0.25, 0.3) is 0 Å². The third-order valence-corrected chi connectivity index (χ3v) is 3.04. The van der Waals surface area contributed by atoms with Crippen molar-refractivity contribution >= 4 is 23.8 Å². The van der Waals surface area contributed by atoms with E-state index in [1.165, 1.54) is 7.11 Å². The fourth-order valence-corrected chi connectivity index (χ4v) is 1.94. The second-order valence-corrected chi connectivity index (χ2v) is 4.35. The van der Waals surface area contributed by atoms with Crippen LogP contribution in [0, 0.1) is 4.64 Å². The highest BCUT2D eigenvalue weighted by Gasteiger charge is 2.10. The minimum absolute atomic E-state index is 0.279. The molecule has 0 aliphatic rings. The van der Waals surface area contributed by atoms with Crippen molar-refractivity contribution in [2.24, 2.45) is 0 Å². The molecule has 2 N–H and O–H groups in total. The maximum Gasteiger partial charge on any atom is 0.258 e. The number of hydrogen-bond donors (Lipinski definition) is 2. The van der Waals surface area contributed by atoms with E-state index in [-0.39, 0.29) is 5.91 Å². The van der Waals surface area contributed by atoms with Crippen LogP contribution in [0.4, 0.5) is 5.69 Å².